The Morgan fingerprint density at radius 2 is 1.95 bits per heavy atom. The maximum Gasteiger partial charge on any atom is 0.347 e. The first-order chi connectivity index (χ1) is 18.0. The molecular weight excluding hydrogens is 496 g/mol. The van der Waals surface area contributed by atoms with Crippen molar-refractivity contribution in [2.24, 2.45) is 11.8 Å². The zero-order valence-corrected chi connectivity index (χ0v) is 21.7. The molecule has 0 saturated carbocycles. The van der Waals surface area contributed by atoms with Crippen molar-refractivity contribution in [1.82, 2.24) is 24.9 Å². The van der Waals surface area contributed by atoms with Crippen molar-refractivity contribution >= 4 is 39.3 Å². The maximum atomic E-state index is 12.2. The van der Waals surface area contributed by atoms with Crippen molar-refractivity contribution < 1.29 is 14.3 Å². The van der Waals surface area contributed by atoms with Gasteiger partial charge in [-0.25, -0.2) is 24.6 Å². The van der Waals surface area contributed by atoms with Crippen molar-refractivity contribution in [2.45, 2.75) is 26.3 Å². The second-order valence-corrected chi connectivity index (χ2v) is 10.4. The lowest BCUT2D eigenvalue weighted by atomic mass is 9.97. The van der Waals surface area contributed by atoms with Gasteiger partial charge in [-0.05, 0) is 31.7 Å². The number of aromatic nitrogens is 4. The Labute approximate surface area is 218 Å². The van der Waals surface area contributed by atoms with Crippen molar-refractivity contribution in [3.05, 3.63) is 39.4 Å². The minimum absolute atomic E-state index is 0.321. The molecule has 3 N–H and O–H groups in total. The van der Waals surface area contributed by atoms with Gasteiger partial charge >= 0.3 is 11.7 Å². The van der Waals surface area contributed by atoms with Gasteiger partial charge in [0.05, 0.1) is 35.6 Å². The lowest BCUT2D eigenvalue weighted by molar-refractivity contribution is 0.0525. The first-order valence-electron chi connectivity index (χ1n) is 12.6. The average Bonchev–Trinajstić information content (AvgIpc) is 3.31. The van der Waals surface area contributed by atoms with E-state index in [-0.39, 0.29) is 5.69 Å². The standard InChI is InChI=1S/C24H32N8O4S/c1-2-36-22(33)17-12-26-23(27-13-17)31-5-3-16(4-6-31)14-32(25)15-18-11-19-20(37-18)21(29-24(34)28-19)30-7-9-35-10-8-30/h11-13,16H,2-10,14-15,25H2,1H3,(H,28,29,34). The monoisotopic (exact) mass is 528 g/mol. The quantitative estimate of drug-likeness (QED) is 0.249. The van der Waals surface area contributed by atoms with Gasteiger partial charge in [-0.2, -0.15) is 4.98 Å². The molecule has 0 amide bonds. The second kappa shape index (κ2) is 11.5. The summed E-state index contributed by atoms with van der Waals surface area (Å²) in [4.78, 5) is 45.1. The molecule has 3 aromatic heterocycles. The summed E-state index contributed by atoms with van der Waals surface area (Å²) >= 11 is 1.63. The van der Waals surface area contributed by atoms with Gasteiger partial charge in [-0.3, -0.25) is 5.84 Å². The number of ether oxygens (including phenoxy) is 2. The molecule has 2 aliphatic heterocycles. The van der Waals surface area contributed by atoms with E-state index in [1.54, 1.807) is 18.3 Å². The number of hydrazine groups is 1. The molecule has 0 aromatic carbocycles. The Morgan fingerprint density at radius 1 is 1.22 bits per heavy atom. The van der Waals surface area contributed by atoms with E-state index in [9.17, 15) is 9.59 Å². The smallest absolute Gasteiger partial charge is 0.347 e. The highest BCUT2D eigenvalue weighted by atomic mass is 32.1. The highest BCUT2D eigenvalue weighted by Crippen LogP contribution is 2.31. The molecule has 5 heterocycles. The van der Waals surface area contributed by atoms with Crippen LogP contribution < -0.4 is 21.3 Å². The minimum Gasteiger partial charge on any atom is -0.462 e. The predicted octanol–water partition coefficient (Wildman–Crippen LogP) is 1.38. The summed E-state index contributed by atoms with van der Waals surface area (Å²) < 4.78 is 11.4. The number of hydrogen-bond donors (Lipinski definition) is 2. The number of carbonyl (C=O) groups excluding carboxylic acids is 1. The average molecular weight is 529 g/mol. The molecule has 0 spiro atoms. The lowest BCUT2D eigenvalue weighted by Crippen LogP contribution is -2.41. The summed E-state index contributed by atoms with van der Waals surface area (Å²) in [7, 11) is 0. The summed E-state index contributed by atoms with van der Waals surface area (Å²) in [5.41, 5.74) is 0.823. The topological polar surface area (TPSA) is 143 Å². The van der Waals surface area contributed by atoms with Gasteiger partial charge in [-0.1, -0.05) is 0 Å². The van der Waals surface area contributed by atoms with Crippen LogP contribution in [0.2, 0.25) is 0 Å². The Hall–Kier alpha value is -3.13. The van der Waals surface area contributed by atoms with Crippen LogP contribution in [-0.2, 0) is 16.0 Å². The number of piperidine rings is 1. The van der Waals surface area contributed by atoms with Crippen molar-refractivity contribution in [3.8, 4) is 0 Å². The molecule has 5 rings (SSSR count). The molecule has 13 heteroatoms. The van der Waals surface area contributed by atoms with E-state index in [4.69, 9.17) is 15.3 Å². The number of thiophene rings is 1. The number of nitrogens with two attached hydrogens (primary N) is 1. The molecule has 3 aromatic rings. The molecule has 0 bridgehead atoms. The first-order valence-corrected chi connectivity index (χ1v) is 13.4. The molecule has 2 fully saturated rings. The Morgan fingerprint density at radius 3 is 2.65 bits per heavy atom. The van der Waals surface area contributed by atoms with Crippen LogP contribution in [0.15, 0.2) is 23.3 Å². The van der Waals surface area contributed by atoms with Gasteiger partial charge in [0.25, 0.3) is 0 Å². The number of aromatic amines is 1. The number of fused-ring (bicyclic) bond motifs is 1. The number of carbonyl (C=O) groups is 1. The molecule has 2 saturated heterocycles. The van der Waals surface area contributed by atoms with E-state index < -0.39 is 5.97 Å². The van der Waals surface area contributed by atoms with Crippen molar-refractivity contribution in [2.75, 3.05) is 62.3 Å². The summed E-state index contributed by atoms with van der Waals surface area (Å²) in [5.74, 6) is 7.83. The molecule has 0 aliphatic carbocycles. The summed E-state index contributed by atoms with van der Waals surface area (Å²) in [6.45, 7) is 7.83. The SMILES string of the molecule is CCOC(=O)c1cnc(N2CCC(CN(N)Cc3cc4[nH]c(=O)nc(N5CCOCC5)c4s3)CC2)nc1. The number of esters is 1. The van der Waals surface area contributed by atoms with Crippen LogP contribution in [0.25, 0.3) is 10.2 Å². The van der Waals surface area contributed by atoms with Gasteiger partial charge in [0.15, 0.2) is 5.82 Å². The molecular formula is C24H32N8O4S. The highest BCUT2D eigenvalue weighted by Gasteiger charge is 2.24. The van der Waals surface area contributed by atoms with Crippen LogP contribution in [0.3, 0.4) is 0 Å². The van der Waals surface area contributed by atoms with Gasteiger partial charge in [-0.15, -0.1) is 11.3 Å². The number of nitrogens with zero attached hydrogens (tertiary/aromatic N) is 6. The van der Waals surface area contributed by atoms with Crippen LogP contribution in [0.1, 0.15) is 35.0 Å². The molecule has 37 heavy (non-hydrogen) atoms. The molecule has 198 valence electrons. The fourth-order valence-corrected chi connectivity index (χ4v) is 5.93. The zero-order chi connectivity index (χ0) is 25.8. The summed E-state index contributed by atoms with van der Waals surface area (Å²) in [5, 5.41) is 1.86. The summed E-state index contributed by atoms with van der Waals surface area (Å²) in [6, 6.07) is 2.01. The number of hydrogen-bond acceptors (Lipinski definition) is 12. The van der Waals surface area contributed by atoms with Crippen LogP contribution >= 0.6 is 11.3 Å². The second-order valence-electron chi connectivity index (χ2n) is 9.27. The first kappa shape index (κ1) is 25.5. The maximum absolute atomic E-state index is 12.2. The van der Waals surface area contributed by atoms with Gasteiger partial charge in [0.2, 0.25) is 5.95 Å². The third-order valence-electron chi connectivity index (χ3n) is 6.64. The third-order valence-corrected chi connectivity index (χ3v) is 7.76. The van der Waals surface area contributed by atoms with Crippen molar-refractivity contribution in [1.29, 1.82) is 0 Å². The van der Waals surface area contributed by atoms with Gasteiger partial charge in [0, 0.05) is 56.5 Å². The Kier molecular flexibility index (Phi) is 7.93. The van der Waals surface area contributed by atoms with E-state index in [1.165, 1.54) is 12.4 Å². The van der Waals surface area contributed by atoms with Gasteiger partial charge in [0.1, 0.15) is 0 Å². The molecule has 2 aliphatic rings. The Bertz CT molecular complexity index is 1270. The van der Waals surface area contributed by atoms with Crippen LogP contribution in [0.4, 0.5) is 11.8 Å². The normalized spacial score (nSPS) is 17.1. The largest absolute Gasteiger partial charge is 0.462 e. The van der Waals surface area contributed by atoms with E-state index in [2.05, 4.69) is 29.7 Å². The minimum atomic E-state index is -0.408. The van der Waals surface area contributed by atoms with Gasteiger partial charge < -0.3 is 24.3 Å². The van der Waals surface area contributed by atoms with Crippen LogP contribution in [0.5, 0.6) is 0 Å². The predicted molar refractivity (Wildman–Crippen MR) is 141 cm³/mol. The van der Waals surface area contributed by atoms with E-state index >= 15 is 0 Å². The van der Waals surface area contributed by atoms with E-state index in [0.29, 0.717) is 43.8 Å². The zero-order valence-electron chi connectivity index (χ0n) is 20.9. The molecule has 12 nitrogen and oxygen atoms in total. The number of nitrogens with one attached hydrogen (secondary N) is 1. The number of anilines is 2. The lowest BCUT2D eigenvalue weighted by Gasteiger charge is -2.33. The third kappa shape index (κ3) is 6.06. The molecule has 0 radical (unpaired) electrons. The van der Waals surface area contributed by atoms with Crippen LogP contribution in [0, 0.1) is 5.92 Å². The number of morpholine rings is 1. The molecule has 0 atom stereocenters. The fourth-order valence-electron chi connectivity index (χ4n) is 4.77. The number of rotatable bonds is 8. The van der Waals surface area contributed by atoms with Crippen molar-refractivity contribution in [3.63, 3.8) is 0 Å². The van der Waals surface area contributed by atoms with E-state index in [0.717, 1.165) is 66.5 Å². The highest BCUT2D eigenvalue weighted by molar-refractivity contribution is 7.19. The summed E-state index contributed by atoms with van der Waals surface area (Å²) in [6.07, 6.45) is 4.99. The number of H-pyrrole nitrogens is 1. The van der Waals surface area contributed by atoms with Crippen LogP contribution in [-0.4, -0.2) is 83.5 Å². The fraction of sp³-hybridized carbons (Fsp3) is 0.542. The molecule has 0 unspecified atom stereocenters. The van der Waals surface area contributed by atoms with E-state index in [1.807, 2.05) is 11.1 Å². The Balaban J connectivity index is 1.16.